The number of anilines is 1. The van der Waals surface area contributed by atoms with Gasteiger partial charge in [0.05, 0.1) is 39.2 Å². The fourth-order valence-corrected chi connectivity index (χ4v) is 3.04. The quantitative estimate of drug-likeness (QED) is 0.596. The summed E-state index contributed by atoms with van der Waals surface area (Å²) in [5.74, 6) is -1.41. The number of benzene rings is 2. The smallest absolute Gasteiger partial charge is 0.338 e. The highest BCUT2D eigenvalue weighted by atomic mass is 16.5. The molecule has 8 nitrogen and oxygen atoms in total. The van der Waals surface area contributed by atoms with E-state index in [-0.39, 0.29) is 17.5 Å². The van der Waals surface area contributed by atoms with Gasteiger partial charge >= 0.3 is 5.97 Å². The van der Waals surface area contributed by atoms with E-state index >= 15 is 0 Å². The first-order valence-corrected chi connectivity index (χ1v) is 10.0. The lowest BCUT2D eigenvalue weighted by atomic mass is 10.1. The number of rotatable bonds is 6. The molecule has 2 N–H and O–H groups in total. The minimum absolute atomic E-state index is 0.205. The van der Waals surface area contributed by atoms with Crippen LogP contribution >= 0.6 is 0 Å². The third-order valence-corrected chi connectivity index (χ3v) is 5.00. The van der Waals surface area contributed by atoms with E-state index in [9.17, 15) is 14.4 Å². The van der Waals surface area contributed by atoms with Crippen LogP contribution in [0.4, 0.5) is 5.69 Å². The third-order valence-electron chi connectivity index (χ3n) is 5.00. The fourth-order valence-electron chi connectivity index (χ4n) is 3.04. The average Bonchev–Trinajstić information content (AvgIpc) is 3.57. The Bertz CT molecular complexity index is 1190. The van der Waals surface area contributed by atoms with E-state index in [4.69, 9.17) is 4.74 Å². The number of nitrogens with zero attached hydrogens (tertiary/aromatic N) is 2. The molecule has 1 aliphatic rings. The van der Waals surface area contributed by atoms with Crippen LogP contribution in [0, 0.1) is 13.8 Å². The highest BCUT2D eigenvalue weighted by Gasteiger charge is 2.25. The van der Waals surface area contributed by atoms with E-state index < -0.39 is 18.5 Å². The monoisotopic (exact) mass is 418 g/mol. The lowest BCUT2D eigenvalue weighted by Gasteiger charge is -2.11. The van der Waals surface area contributed by atoms with E-state index in [0.717, 1.165) is 24.2 Å². The van der Waals surface area contributed by atoms with Crippen LogP contribution in [0.2, 0.25) is 0 Å². The van der Waals surface area contributed by atoms with Gasteiger partial charge in [0.2, 0.25) is 0 Å². The molecule has 0 radical (unpaired) electrons. The van der Waals surface area contributed by atoms with Crippen LogP contribution < -0.4 is 10.6 Å². The van der Waals surface area contributed by atoms with Gasteiger partial charge in [-0.1, -0.05) is 12.1 Å². The van der Waals surface area contributed by atoms with Gasteiger partial charge in [-0.25, -0.2) is 14.8 Å². The van der Waals surface area contributed by atoms with Crippen molar-refractivity contribution in [3.05, 3.63) is 65.0 Å². The van der Waals surface area contributed by atoms with Crippen LogP contribution in [0.1, 0.15) is 44.9 Å². The van der Waals surface area contributed by atoms with Crippen LogP contribution in [0.15, 0.2) is 42.5 Å². The Morgan fingerprint density at radius 2 is 1.71 bits per heavy atom. The minimum atomic E-state index is -0.642. The molecule has 0 bridgehead atoms. The number of carbonyl (C=O) groups excluding carboxylic acids is 3. The third kappa shape index (κ3) is 4.85. The van der Waals surface area contributed by atoms with E-state index in [0.29, 0.717) is 22.3 Å². The second kappa shape index (κ2) is 8.51. The summed E-state index contributed by atoms with van der Waals surface area (Å²) in [7, 11) is 0. The molecule has 0 atom stereocenters. The van der Waals surface area contributed by atoms with Crippen molar-refractivity contribution in [1.82, 2.24) is 15.3 Å². The molecule has 1 fully saturated rings. The Balaban J connectivity index is 1.39. The van der Waals surface area contributed by atoms with E-state index in [1.807, 2.05) is 13.8 Å². The first-order chi connectivity index (χ1) is 14.9. The van der Waals surface area contributed by atoms with Crippen LogP contribution in [0.3, 0.4) is 0 Å². The van der Waals surface area contributed by atoms with Gasteiger partial charge in [0.25, 0.3) is 11.8 Å². The maximum Gasteiger partial charge on any atom is 0.338 e. The van der Waals surface area contributed by atoms with Crippen molar-refractivity contribution in [3.8, 4) is 0 Å². The van der Waals surface area contributed by atoms with E-state index in [2.05, 4.69) is 20.6 Å². The number of aryl methyl sites for hydroxylation is 2. The number of para-hydroxylation sites is 1. The molecule has 2 amide bonds. The molecule has 1 aliphatic carbocycles. The number of hydrogen-bond acceptors (Lipinski definition) is 6. The molecule has 158 valence electrons. The second-order valence-electron chi connectivity index (χ2n) is 7.52. The number of ether oxygens (including phenoxy) is 1. The molecule has 1 heterocycles. The van der Waals surface area contributed by atoms with Gasteiger partial charge in [-0.15, -0.1) is 0 Å². The highest BCUT2D eigenvalue weighted by Crippen LogP contribution is 2.21. The van der Waals surface area contributed by atoms with Gasteiger partial charge in [0, 0.05) is 6.04 Å². The molecule has 3 aromatic rings. The Kier molecular flexibility index (Phi) is 5.62. The zero-order valence-corrected chi connectivity index (χ0v) is 17.3. The van der Waals surface area contributed by atoms with Crippen molar-refractivity contribution in [2.75, 3.05) is 11.9 Å². The summed E-state index contributed by atoms with van der Waals surface area (Å²) in [6, 6.07) is 11.8. The number of fused-ring (bicyclic) bond motifs is 1. The average molecular weight is 418 g/mol. The maximum absolute atomic E-state index is 12.4. The summed E-state index contributed by atoms with van der Waals surface area (Å²) < 4.78 is 5.14. The van der Waals surface area contributed by atoms with Crippen molar-refractivity contribution in [1.29, 1.82) is 0 Å². The molecular formula is C23H22N4O4. The number of esters is 1. The molecule has 0 unspecified atom stereocenters. The Morgan fingerprint density at radius 3 is 2.45 bits per heavy atom. The molecule has 0 spiro atoms. The van der Waals surface area contributed by atoms with Crippen molar-refractivity contribution >= 4 is 34.5 Å². The predicted octanol–water partition coefficient (Wildman–Crippen LogP) is 2.93. The molecule has 1 saturated carbocycles. The summed E-state index contributed by atoms with van der Waals surface area (Å²) in [6.45, 7) is 3.24. The lowest BCUT2D eigenvalue weighted by molar-refractivity contribution is -0.119. The summed E-state index contributed by atoms with van der Waals surface area (Å²) in [5.41, 5.74) is 3.88. The van der Waals surface area contributed by atoms with Gasteiger partial charge in [-0.2, -0.15) is 0 Å². The van der Waals surface area contributed by atoms with Crippen molar-refractivity contribution in [2.45, 2.75) is 32.7 Å². The first kappa shape index (κ1) is 20.5. The summed E-state index contributed by atoms with van der Waals surface area (Å²) >= 11 is 0. The van der Waals surface area contributed by atoms with Gasteiger partial charge in [0.1, 0.15) is 0 Å². The number of amides is 2. The molecule has 31 heavy (non-hydrogen) atoms. The molecule has 4 rings (SSSR count). The van der Waals surface area contributed by atoms with Crippen molar-refractivity contribution in [3.63, 3.8) is 0 Å². The van der Waals surface area contributed by atoms with Crippen molar-refractivity contribution < 1.29 is 19.1 Å². The molecular weight excluding hydrogens is 396 g/mol. The molecule has 0 aliphatic heterocycles. The second-order valence-corrected chi connectivity index (χ2v) is 7.52. The Morgan fingerprint density at radius 1 is 1.00 bits per heavy atom. The summed E-state index contributed by atoms with van der Waals surface area (Å²) in [5, 5.41) is 5.53. The Hall–Kier alpha value is -3.81. The Labute approximate surface area is 179 Å². The number of hydrogen-bond donors (Lipinski definition) is 2. The van der Waals surface area contributed by atoms with E-state index in [1.165, 1.54) is 0 Å². The summed E-state index contributed by atoms with van der Waals surface area (Å²) in [4.78, 5) is 45.9. The topological polar surface area (TPSA) is 110 Å². The van der Waals surface area contributed by atoms with Crippen LogP contribution in [0.5, 0.6) is 0 Å². The molecule has 0 saturated heterocycles. The fraction of sp³-hybridized carbons (Fsp3) is 0.261. The van der Waals surface area contributed by atoms with Crippen LogP contribution in [-0.4, -0.2) is 40.4 Å². The lowest BCUT2D eigenvalue weighted by Crippen LogP contribution is -2.28. The minimum Gasteiger partial charge on any atom is -0.452 e. The molecule has 8 heteroatoms. The van der Waals surface area contributed by atoms with Crippen LogP contribution in [-0.2, 0) is 9.53 Å². The number of aromatic nitrogens is 2. The van der Waals surface area contributed by atoms with Gasteiger partial charge in [-0.3, -0.25) is 9.59 Å². The standard InChI is InChI=1S/C23H22N4O4/c1-13-14(2)25-20-11-15(7-10-19(20)24-13)23(30)31-12-21(28)27-18-6-4-3-5-17(18)22(29)26-16-8-9-16/h3-7,10-11,16H,8-9,12H2,1-2H3,(H,26,29)(H,27,28). The van der Waals surface area contributed by atoms with Gasteiger partial charge in [0.15, 0.2) is 6.61 Å². The SMILES string of the molecule is Cc1nc2ccc(C(=O)OCC(=O)Nc3ccccc3C(=O)NC3CC3)cc2nc1C. The highest BCUT2D eigenvalue weighted by molar-refractivity contribution is 6.04. The van der Waals surface area contributed by atoms with Crippen molar-refractivity contribution in [2.24, 2.45) is 0 Å². The number of carbonyl (C=O) groups is 3. The summed E-state index contributed by atoms with van der Waals surface area (Å²) in [6.07, 6.45) is 1.94. The molecule has 2 aromatic carbocycles. The molecule has 1 aromatic heterocycles. The van der Waals surface area contributed by atoms with Gasteiger partial charge in [-0.05, 0) is 57.0 Å². The van der Waals surface area contributed by atoms with Crippen LogP contribution in [0.25, 0.3) is 11.0 Å². The zero-order valence-electron chi connectivity index (χ0n) is 17.3. The number of nitrogens with one attached hydrogen (secondary N) is 2. The normalized spacial score (nSPS) is 13.0. The first-order valence-electron chi connectivity index (χ1n) is 10.0. The largest absolute Gasteiger partial charge is 0.452 e. The maximum atomic E-state index is 12.4. The van der Waals surface area contributed by atoms with Gasteiger partial charge < -0.3 is 15.4 Å². The zero-order chi connectivity index (χ0) is 22.0. The predicted molar refractivity (Wildman–Crippen MR) is 115 cm³/mol. The van der Waals surface area contributed by atoms with E-state index in [1.54, 1.807) is 42.5 Å².